The van der Waals surface area contributed by atoms with E-state index in [2.05, 4.69) is 17.1 Å². The first-order valence-electron chi connectivity index (χ1n) is 8.76. The highest BCUT2D eigenvalue weighted by atomic mass is 16.5. The molecule has 2 unspecified atom stereocenters. The summed E-state index contributed by atoms with van der Waals surface area (Å²) < 4.78 is 4.83. The molecule has 21 heavy (non-hydrogen) atoms. The largest absolute Gasteiger partial charge is 0.468 e. The summed E-state index contributed by atoms with van der Waals surface area (Å²) in [6.07, 6.45) is 10.5. The second-order valence-corrected chi connectivity index (χ2v) is 6.86. The SMILES string of the molecule is CCCC1CC(NC2CCCCC2)CN(CC(=O)OC)C1. The first kappa shape index (κ1) is 16.8. The monoisotopic (exact) mass is 296 g/mol. The van der Waals surface area contributed by atoms with Crippen molar-refractivity contribution in [2.24, 2.45) is 5.92 Å². The van der Waals surface area contributed by atoms with Crippen LogP contribution in [0.25, 0.3) is 0 Å². The number of carbonyl (C=O) groups is 1. The molecule has 2 atom stereocenters. The third-order valence-electron chi connectivity index (χ3n) is 4.97. The molecule has 2 fully saturated rings. The van der Waals surface area contributed by atoms with Crippen LogP contribution in [-0.4, -0.2) is 49.7 Å². The lowest BCUT2D eigenvalue weighted by Crippen LogP contribution is -2.53. The molecule has 0 aromatic heterocycles. The molecule has 2 aliphatic rings. The molecule has 1 aliphatic carbocycles. The van der Waals surface area contributed by atoms with Gasteiger partial charge in [-0.25, -0.2) is 0 Å². The first-order chi connectivity index (χ1) is 10.2. The number of methoxy groups -OCH3 is 1. The van der Waals surface area contributed by atoms with E-state index >= 15 is 0 Å². The van der Waals surface area contributed by atoms with Gasteiger partial charge in [-0.05, 0) is 31.6 Å². The zero-order valence-corrected chi connectivity index (χ0v) is 13.8. The third-order valence-corrected chi connectivity index (χ3v) is 4.97. The number of ether oxygens (including phenoxy) is 1. The maximum Gasteiger partial charge on any atom is 0.319 e. The second kappa shape index (κ2) is 8.74. The number of nitrogens with zero attached hydrogens (tertiary/aromatic N) is 1. The number of carbonyl (C=O) groups excluding carboxylic acids is 1. The molecule has 0 radical (unpaired) electrons. The lowest BCUT2D eigenvalue weighted by molar-refractivity contribution is -0.142. The standard InChI is InChI=1S/C17H32N2O2/c1-3-7-14-10-16(18-15-8-5-4-6-9-15)12-19(11-14)13-17(20)21-2/h14-16,18H,3-13H2,1-2H3. The first-order valence-corrected chi connectivity index (χ1v) is 8.76. The van der Waals surface area contributed by atoms with Crippen LogP contribution in [0.15, 0.2) is 0 Å². The van der Waals surface area contributed by atoms with Gasteiger partial charge in [0.15, 0.2) is 0 Å². The quantitative estimate of drug-likeness (QED) is 0.765. The van der Waals surface area contributed by atoms with E-state index in [0.29, 0.717) is 18.6 Å². The highest BCUT2D eigenvalue weighted by molar-refractivity contribution is 5.71. The predicted molar refractivity (Wildman–Crippen MR) is 85.3 cm³/mol. The summed E-state index contributed by atoms with van der Waals surface area (Å²) in [6.45, 7) is 4.74. The number of rotatable bonds is 6. The molecule has 1 saturated carbocycles. The molecule has 1 N–H and O–H groups in total. The molecule has 0 bridgehead atoms. The van der Waals surface area contributed by atoms with Crippen molar-refractivity contribution in [1.82, 2.24) is 10.2 Å². The van der Waals surface area contributed by atoms with Crippen molar-refractivity contribution in [2.45, 2.75) is 70.4 Å². The number of piperidine rings is 1. The van der Waals surface area contributed by atoms with Gasteiger partial charge in [-0.3, -0.25) is 9.69 Å². The number of likely N-dealkylation sites (tertiary alicyclic amines) is 1. The van der Waals surface area contributed by atoms with E-state index in [-0.39, 0.29) is 5.97 Å². The maximum atomic E-state index is 11.6. The van der Waals surface area contributed by atoms with E-state index in [1.54, 1.807) is 0 Å². The molecule has 4 nitrogen and oxygen atoms in total. The molecule has 1 aliphatic heterocycles. The summed E-state index contributed by atoms with van der Waals surface area (Å²) in [5.74, 6) is 0.609. The molecule has 0 spiro atoms. The van der Waals surface area contributed by atoms with Crippen LogP contribution >= 0.6 is 0 Å². The average molecular weight is 296 g/mol. The lowest BCUT2D eigenvalue weighted by atomic mass is 9.88. The maximum absolute atomic E-state index is 11.6. The van der Waals surface area contributed by atoms with Crippen molar-refractivity contribution in [3.05, 3.63) is 0 Å². The fraction of sp³-hybridized carbons (Fsp3) is 0.941. The van der Waals surface area contributed by atoms with Gasteiger partial charge >= 0.3 is 5.97 Å². The summed E-state index contributed by atoms with van der Waals surface area (Å²) in [5, 5.41) is 3.87. The van der Waals surface area contributed by atoms with Crippen LogP contribution in [0.5, 0.6) is 0 Å². The van der Waals surface area contributed by atoms with E-state index in [9.17, 15) is 4.79 Å². The Morgan fingerprint density at radius 2 is 1.95 bits per heavy atom. The Hall–Kier alpha value is -0.610. The minimum atomic E-state index is -0.108. The van der Waals surface area contributed by atoms with E-state index in [1.165, 1.54) is 58.5 Å². The lowest BCUT2D eigenvalue weighted by Gasteiger charge is -2.40. The van der Waals surface area contributed by atoms with Crippen molar-refractivity contribution in [1.29, 1.82) is 0 Å². The molecule has 122 valence electrons. The zero-order chi connectivity index (χ0) is 15.1. The Kier molecular flexibility index (Phi) is 6.97. The van der Waals surface area contributed by atoms with Gasteiger partial charge in [0.05, 0.1) is 13.7 Å². The highest BCUT2D eigenvalue weighted by Crippen LogP contribution is 2.24. The fourth-order valence-electron chi connectivity index (χ4n) is 4.02. The van der Waals surface area contributed by atoms with Crippen molar-refractivity contribution < 1.29 is 9.53 Å². The molecule has 2 rings (SSSR count). The van der Waals surface area contributed by atoms with Gasteiger partial charge < -0.3 is 10.1 Å². The predicted octanol–water partition coefficient (Wildman–Crippen LogP) is 2.57. The van der Waals surface area contributed by atoms with Crippen LogP contribution in [0.3, 0.4) is 0 Å². The van der Waals surface area contributed by atoms with Gasteiger partial charge in [0.1, 0.15) is 0 Å². The second-order valence-electron chi connectivity index (χ2n) is 6.86. The summed E-state index contributed by atoms with van der Waals surface area (Å²) in [5.41, 5.74) is 0. The fourth-order valence-corrected chi connectivity index (χ4v) is 4.02. The summed E-state index contributed by atoms with van der Waals surface area (Å²) in [6, 6.07) is 1.24. The minimum absolute atomic E-state index is 0.108. The third kappa shape index (κ3) is 5.59. The van der Waals surface area contributed by atoms with Crippen molar-refractivity contribution in [3.8, 4) is 0 Å². The van der Waals surface area contributed by atoms with Crippen LogP contribution in [0.4, 0.5) is 0 Å². The summed E-state index contributed by atoms with van der Waals surface area (Å²) >= 11 is 0. The van der Waals surface area contributed by atoms with E-state index < -0.39 is 0 Å². The molecule has 4 heteroatoms. The molecule has 1 heterocycles. The number of esters is 1. The van der Waals surface area contributed by atoms with Gasteiger partial charge in [-0.1, -0.05) is 32.6 Å². The van der Waals surface area contributed by atoms with Crippen molar-refractivity contribution in [2.75, 3.05) is 26.7 Å². The number of hydrogen-bond acceptors (Lipinski definition) is 4. The molecule has 1 saturated heterocycles. The molecule has 0 aromatic carbocycles. The topological polar surface area (TPSA) is 41.6 Å². The Morgan fingerprint density at radius 3 is 2.62 bits per heavy atom. The van der Waals surface area contributed by atoms with Crippen LogP contribution < -0.4 is 5.32 Å². The van der Waals surface area contributed by atoms with Crippen LogP contribution in [0.1, 0.15) is 58.3 Å². The van der Waals surface area contributed by atoms with Crippen LogP contribution in [0, 0.1) is 5.92 Å². The summed E-state index contributed by atoms with van der Waals surface area (Å²) in [7, 11) is 1.48. The van der Waals surface area contributed by atoms with Gasteiger partial charge in [-0.2, -0.15) is 0 Å². The highest BCUT2D eigenvalue weighted by Gasteiger charge is 2.29. The Balaban J connectivity index is 1.87. The van der Waals surface area contributed by atoms with E-state index in [0.717, 1.165) is 19.0 Å². The smallest absolute Gasteiger partial charge is 0.319 e. The Labute approximate surface area is 129 Å². The molecular weight excluding hydrogens is 264 g/mol. The normalized spacial score (nSPS) is 28.5. The number of hydrogen-bond donors (Lipinski definition) is 1. The van der Waals surface area contributed by atoms with Gasteiger partial charge in [-0.15, -0.1) is 0 Å². The Morgan fingerprint density at radius 1 is 1.19 bits per heavy atom. The molecule has 0 amide bonds. The van der Waals surface area contributed by atoms with Gasteiger partial charge in [0.2, 0.25) is 0 Å². The van der Waals surface area contributed by atoms with Gasteiger partial charge in [0.25, 0.3) is 0 Å². The minimum Gasteiger partial charge on any atom is -0.468 e. The van der Waals surface area contributed by atoms with E-state index in [4.69, 9.17) is 4.74 Å². The molecular formula is C17H32N2O2. The van der Waals surface area contributed by atoms with Gasteiger partial charge in [0, 0.05) is 25.2 Å². The number of nitrogens with one attached hydrogen (secondary N) is 1. The van der Waals surface area contributed by atoms with Crippen LogP contribution in [0.2, 0.25) is 0 Å². The van der Waals surface area contributed by atoms with Crippen molar-refractivity contribution >= 4 is 5.97 Å². The molecule has 0 aromatic rings. The average Bonchev–Trinajstić information content (AvgIpc) is 2.48. The van der Waals surface area contributed by atoms with Crippen LogP contribution in [-0.2, 0) is 9.53 Å². The summed E-state index contributed by atoms with van der Waals surface area (Å²) in [4.78, 5) is 13.8. The van der Waals surface area contributed by atoms with Crippen molar-refractivity contribution in [3.63, 3.8) is 0 Å². The van der Waals surface area contributed by atoms with E-state index in [1.807, 2.05) is 0 Å². The Bertz CT molecular complexity index is 316. The zero-order valence-electron chi connectivity index (χ0n) is 13.8.